The summed E-state index contributed by atoms with van der Waals surface area (Å²) in [6.45, 7) is 6.02. The predicted octanol–water partition coefficient (Wildman–Crippen LogP) is 1.92. The van der Waals surface area contributed by atoms with Crippen molar-refractivity contribution >= 4 is 33.5 Å². The highest BCUT2D eigenvalue weighted by atomic mass is 16.5. The van der Waals surface area contributed by atoms with E-state index in [4.69, 9.17) is 37.9 Å². The second kappa shape index (κ2) is 9.49. The number of rotatable bonds is 6. The highest BCUT2D eigenvalue weighted by Crippen LogP contribution is 2.32. The first-order valence-corrected chi connectivity index (χ1v) is 11.5. The van der Waals surface area contributed by atoms with Crippen molar-refractivity contribution in [3.8, 4) is 0 Å². The summed E-state index contributed by atoms with van der Waals surface area (Å²) in [5.41, 5.74) is 19.2. The van der Waals surface area contributed by atoms with Crippen LogP contribution in [-0.4, -0.2) is 51.9 Å². The third-order valence-corrected chi connectivity index (χ3v) is 6.29. The van der Waals surface area contributed by atoms with E-state index in [1.165, 1.54) is 10.0 Å². The van der Waals surface area contributed by atoms with E-state index >= 15 is 0 Å². The van der Waals surface area contributed by atoms with Gasteiger partial charge in [0.05, 0.1) is 28.1 Å². The van der Waals surface area contributed by atoms with Crippen LogP contribution in [0.2, 0.25) is 0 Å². The van der Waals surface area contributed by atoms with Crippen LogP contribution >= 0.6 is 0 Å². The van der Waals surface area contributed by atoms with Crippen molar-refractivity contribution in [2.24, 2.45) is 29.1 Å². The number of hydrogen-bond acceptors (Lipinski definition) is 9. The summed E-state index contributed by atoms with van der Waals surface area (Å²) in [6, 6.07) is 6.08. The van der Waals surface area contributed by atoms with E-state index in [0.717, 1.165) is 65.9 Å². The summed E-state index contributed by atoms with van der Waals surface area (Å²) in [7, 11) is 3.53. The summed E-state index contributed by atoms with van der Waals surface area (Å²) in [5.74, 6) is 12.6. The maximum atomic E-state index is 6.15. The first-order valence-electron chi connectivity index (χ1n) is 11.5. The van der Waals surface area contributed by atoms with E-state index in [0.29, 0.717) is 28.7 Å². The molecule has 0 aliphatic carbocycles. The number of nitrogens with two attached hydrogens (primary N) is 4. The second-order valence-electron chi connectivity index (χ2n) is 9.11. The van der Waals surface area contributed by atoms with Crippen LogP contribution in [0.1, 0.15) is 37.9 Å². The van der Waals surface area contributed by atoms with Crippen LogP contribution in [0.4, 0.5) is 0 Å². The largest absolute Gasteiger partial charge is 0.401 e. The summed E-state index contributed by atoms with van der Waals surface area (Å²) >= 11 is 0. The van der Waals surface area contributed by atoms with E-state index in [1.54, 1.807) is 14.1 Å². The number of nitrogens with zero attached hydrogens (tertiary/aromatic N) is 5. The molecule has 0 radical (unpaired) electrons. The molecule has 182 valence electrons. The molecule has 10 heteroatoms. The Morgan fingerprint density at radius 3 is 2.29 bits per heavy atom. The van der Waals surface area contributed by atoms with Gasteiger partial charge in [-0.25, -0.2) is 16.7 Å². The van der Waals surface area contributed by atoms with E-state index in [9.17, 15) is 0 Å². The molecule has 0 spiro atoms. The van der Waals surface area contributed by atoms with Gasteiger partial charge in [0.1, 0.15) is 5.65 Å². The fourth-order valence-electron chi connectivity index (χ4n) is 4.82. The van der Waals surface area contributed by atoms with Crippen LogP contribution in [0.5, 0.6) is 0 Å². The molecule has 0 unspecified atom stereocenters. The summed E-state index contributed by atoms with van der Waals surface area (Å²) in [6.07, 6.45) is 3.82. The number of pyridine rings is 2. The standard InChI is InChI=1S/C24H35N9O/c1-14(25)22(31(3)27)17-11-20-21(29-12-17)18-5-6-19(23(15(2)26)32(4)28)30-24(18)33(20)13-16-7-9-34-10-8-16/h5-6,11-12,16H,7-10,13,25-28H2,1-4H3/b22-14-,23-15-. The minimum atomic E-state index is 0.480. The monoisotopic (exact) mass is 465 g/mol. The third-order valence-electron chi connectivity index (χ3n) is 6.29. The molecule has 1 fully saturated rings. The van der Waals surface area contributed by atoms with Crippen LogP contribution in [0.3, 0.4) is 0 Å². The molecule has 4 heterocycles. The number of fused-ring (bicyclic) bond motifs is 3. The van der Waals surface area contributed by atoms with Crippen LogP contribution in [-0.2, 0) is 11.3 Å². The van der Waals surface area contributed by atoms with Crippen LogP contribution in [0.25, 0.3) is 33.5 Å². The molecule has 10 nitrogen and oxygen atoms in total. The van der Waals surface area contributed by atoms with Crippen LogP contribution in [0, 0.1) is 5.92 Å². The average molecular weight is 466 g/mol. The fourth-order valence-corrected chi connectivity index (χ4v) is 4.82. The van der Waals surface area contributed by atoms with E-state index in [-0.39, 0.29) is 0 Å². The molecule has 1 aliphatic heterocycles. The molecule has 0 aromatic carbocycles. The molecule has 0 amide bonds. The van der Waals surface area contributed by atoms with Crippen molar-refractivity contribution in [2.45, 2.75) is 33.2 Å². The predicted molar refractivity (Wildman–Crippen MR) is 136 cm³/mol. The Bertz CT molecular complexity index is 1170. The SMILES string of the molecule is C/C(N)=C(\c1cnc2c3ccc(/C(=C(\C)N)N(C)N)nc3n(CC3CCOCC3)c2c1)N(C)N. The fraction of sp³-hybridized carbons (Fsp3) is 0.417. The van der Waals surface area contributed by atoms with Crippen molar-refractivity contribution in [3.63, 3.8) is 0 Å². The van der Waals surface area contributed by atoms with Crippen molar-refractivity contribution in [3.05, 3.63) is 47.0 Å². The van der Waals surface area contributed by atoms with Crippen LogP contribution < -0.4 is 23.2 Å². The Hall–Kier alpha value is -3.34. The van der Waals surface area contributed by atoms with Gasteiger partial charge in [0.2, 0.25) is 0 Å². The number of allylic oxidation sites excluding steroid dienone is 2. The number of hydrazine groups is 2. The smallest absolute Gasteiger partial charge is 0.143 e. The van der Waals surface area contributed by atoms with Crippen molar-refractivity contribution in [1.82, 2.24) is 24.6 Å². The highest BCUT2D eigenvalue weighted by Gasteiger charge is 2.22. The molecule has 4 rings (SSSR count). The molecule has 0 atom stereocenters. The molecule has 0 saturated carbocycles. The van der Waals surface area contributed by atoms with Gasteiger partial charge < -0.3 is 30.8 Å². The van der Waals surface area contributed by atoms with E-state index < -0.39 is 0 Å². The molecule has 8 N–H and O–H groups in total. The maximum Gasteiger partial charge on any atom is 0.143 e. The minimum Gasteiger partial charge on any atom is -0.401 e. The van der Waals surface area contributed by atoms with Crippen molar-refractivity contribution < 1.29 is 4.74 Å². The Balaban J connectivity index is 1.97. The van der Waals surface area contributed by atoms with Gasteiger partial charge in [-0.05, 0) is 50.8 Å². The summed E-state index contributed by atoms with van der Waals surface area (Å²) in [5, 5.41) is 4.00. The van der Waals surface area contributed by atoms with Crippen molar-refractivity contribution in [2.75, 3.05) is 27.3 Å². The zero-order chi connectivity index (χ0) is 24.6. The van der Waals surface area contributed by atoms with Gasteiger partial charge in [-0.3, -0.25) is 4.98 Å². The molecule has 3 aromatic rings. The Kier molecular flexibility index (Phi) is 6.65. The Labute approximate surface area is 199 Å². The quantitative estimate of drug-likeness (QED) is 0.316. The van der Waals surface area contributed by atoms with Gasteiger partial charge in [-0.15, -0.1) is 0 Å². The number of hydrogen-bond donors (Lipinski definition) is 4. The summed E-state index contributed by atoms with van der Waals surface area (Å²) < 4.78 is 7.84. The zero-order valence-corrected chi connectivity index (χ0v) is 20.4. The lowest BCUT2D eigenvalue weighted by Gasteiger charge is -2.23. The molecule has 34 heavy (non-hydrogen) atoms. The lowest BCUT2D eigenvalue weighted by molar-refractivity contribution is 0.0619. The molecular weight excluding hydrogens is 430 g/mol. The van der Waals surface area contributed by atoms with Crippen LogP contribution in [0.15, 0.2) is 35.8 Å². The first-order chi connectivity index (χ1) is 16.2. The Morgan fingerprint density at radius 1 is 1.06 bits per heavy atom. The van der Waals surface area contributed by atoms with Gasteiger partial charge in [0.25, 0.3) is 0 Å². The average Bonchev–Trinajstić information content (AvgIpc) is 3.06. The normalized spacial score (nSPS) is 16.5. The van der Waals surface area contributed by atoms with Gasteiger partial charge in [0.15, 0.2) is 0 Å². The molecule has 1 saturated heterocycles. The van der Waals surface area contributed by atoms with E-state index in [1.807, 2.05) is 32.2 Å². The molecule has 1 aliphatic rings. The summed E-state index contributed by atoms with van der Waals surface area (Å²) in [4.78, 5) is 9.85. The van der Waals surface area contributed by atoms with E-state index in [2.05, 4.69) is 10.6 Å². The molecule has 3 aromatic heterocycles. The zero-order valence-electron chi connectivity index (χ0n) is 20.4. The number of aromatic nitrogens is 3. The van der Waals surface area contributed by atoms with Gasteiger partial charge >= 0.3 is 0 Å². The topological polar surface area (TPSA) is 150 Å². The van der Waals surface area contributed by atoms with Crippen molar-refractivity contribution in [1.29, 1.82) is 0 Å². The van der Waals surface area contributed by atoms with Gasteiger partial charge in [0, 0.05) is 62.4 Å². The lowest BCUT2D eigenvalue weighted by Crippen LogP contribution is -2.27. The second-order valence-corrected chi connectivity index (χ2v) is 9.11. The van der Waals surface area contributed by atoms with Gasteiger partial charge in [-0.2, -0.15) is 0 Å². The number of ether oxygens (including phenoxy) is 1. The first kappa shape index (κ1) is 23.8. The third kappa shape index (κ3) is 4.39. The Morgan fingerprint density at radius 2 is 1.71 bits per heavy atom. The lowest BCUT2D eigenvalue weighted by atomic mass is 10.0. The molecule has 0 bridgehead atoms. The maximum absolute atomic E-state index is 6.15. The highest BCUT2D eigenvalue weighted by molar-refractivity contribution is 6.05. The minimum absolute atomic E-state index is 0.480. The van der Waals surface area contributed by atoms with Gasteiger partial charge in [-0.1, -0.05) is 0 Å². The molecular formula is C24H35N9O.